The zero-order valence-corrected chi connectivity index (χ0v) is 19.1. The number of rotatable bonds is 6. The summed E-state index contributed by atoms with van der Waals surface area (Å²) in [6, 6.07) is 11.5. The largest absolute Gasteiger partial charge is 0.435 e. The molecule has 0 spiro atoms. The van der Waals surface area contributed by atoms with E-state index in [1.807, 2.05) is 6.92 Å². The molecule has 2 aromatic heterocycles. The van der Waals surface area contributed by atoms with Crippen molar-refractivity contribution in [2.45, 2.75) is 6.92 Å². The van der Waals surface area contributed by atoms with Gasteiger partial charge < -0.3 is 25.3 Å². The number of aromatic amines is 1. The average Bonchev–Trinajstić information content (AvgIpc) is 3.22. The third-order valence-corrected chi connectivity index (χ3v) is 5.11. The number of benzene rings is 2. The number of hydrogen-bond acceptors (Lipinski definition) is 6. The van der Waals surface area contributed by atoms with Gasteiger partial charge in [-0.15, -0.1) is 0 Å². The van der Waals surface area contributed by atoms with Gasteiger partial charge in [0.15, 0.2) is 17.4 Å². The summed E-state index contributed by atoms with van der Waals surface area (Å²) in [7, 11) is 4.71. The molecule has 9 nitrogen and oxygen atoms in total. The molecule has 0 fully saturated rings. The molecular weight excluding hydrogens is 439 g/mol. The van der Waals surface area contributed by atoms with Gasteiger partial charge in [0.25, 0.3) is 11.8 Å². The maximum Gasteiger partial charge on any atom is 0.262 e. The molecule has 0 saturated carbocycles. The zero-order valence-electron chi connectivity index (χ0n) is 19.1. The Morgan fingerprint density at radius 3 is 2.50 bits per heavy atom. The highest BCUT2D eigenvalue weighted by Gasteiger charge is 2.24. The zero-order chi connectivity index (χ0) is 24.4. The SMILES string of the molecule is CNC(=O)c1ccc(Nc2ncnc(Oc3ccc4[nH]c(C)cc4c3F)c2C(=O)N(C)C)cc1. The quantitative estimate of drug-likeness (QED) is 0.399. The lowest BCUT2D eigenvalue weighted by atomic mass is 10.2. The molecule has 0 bridgehead atoms. The molecule has 34 heavy (non-hydrogen) atoms. The predicted molar refractivity (Wildman–Crippen MR) is 126 cm³/mol. The first kappa shape index (κ1) is 22.7. The third kappa shape index (κ3) is 4.38. The minimum atomic E-state index is -0.567. The fourth-order valence-corrected chi connectivity index (χ4v) is 3.41. The van der Waals surface area contributed by atoms with Crippen LogP contribution in [-0.2, 0) is 0 Å². The smallest absolute Gasteiger partial charge is 0.262 e. The van der Waals surface area contributed by atoms with Crippen molar-refractivity contribution >= 4 is 34.2 Å². The minimum Gasteiger partial charge on any atom is -0.435 e. The molecule has 2 amide bonds. The predicted octanol–water partition coefficient (Wildman–Crippen LogP) is 4.00. The van der Waals surface area contributed by atoms with Crippen LogP contribution < -0.4 is 15.4 Å². The van der Waals surface area contributed by atoms with E-state index in [2.05, 4.69) is 25.6 Å². The second kappa shape index (κ2) is 9.18. The van der Waals surface area contributed by atoms with E-state index in [-0.39, 0.29) is 28.9 Å². The van der Waals surface area contributed by atoms with E-state index in [4.69, 9.17) is 4.74 Å². The Hall–Kier alpha value is -4.47. The highest BCUT2D eigenvalue weighted by Crippen LogP contribution is 2.33. The number of nitrogens with one attached hydrogen (secondary N) is 3. The van der Waals surface area contributed by atoms with Crippen molar-refractivity contribution in [3.63, 3.8) is 0 Å². The second-order valence-electron chi connectivity index (χ2n) is 7.78. The number of aryl methyl sites for hydroxylation is 1. The summed E-state index contributed by atoms with van der Waals surface area (Å²) in [5.74, 6) is -1.20. The molecule has 3 N–H and O–H groups in total. The standard InChI is InChI=1S/C24H23FN6O3/c1-13-11-16-17(29-13)9-10-18(20(16)25)34-23-19(24(33)31(3)4)21(27-12-28-23)30-15-7-5-14(6-8-15)22(32)26-2/h5-12,29H,1-4H3,(H,26,32)(H,27,28,30). The van der Waals surface area contributed by atoms with Crippen molar-refractivity contribution in [1.82, 2.24) is 25.2 Å². The van der Waals surface area contributed by atoms with E-state index in [0.717, 1.165) is 5.69 Å². The molecule has 174 valence electrons. The minimum absolute atomic E-state index is 0.0348. The molecule has 0 unspecified atom stereocenters. The van der Waals surface area contributed by atoms with Crippen LogP contribution in [0.25, 0.3) is 10.9 Å². The van der Waals surface area contributed by atoms with Crippen molar-refractivity contribution in [2.24, 2.45) is 0 Å². The number of H-pyrrole nitrogens is 1. The van der Waals surface area contributed by atoms with Crippen LogP contribution in [0.15, 0.2) is 48.8 Å². The summed E-state index contributed by atoms with van der Waals surface area (Å²) >= 11 is 0. The number of amides is 2. The number of fused-ring (bicyclic) bond motifs is 1. The summed E-state index contributed by atoms with van der Waals surface area (Å²) in [5.41, 5.74) is 2.55. The Morgan fingerprint density at radius 1 is 1.09 bits per heavy atom. The van der Waals surface area contributed by atoms with E-state index in [1.54, 1.807) is 57.5 Å². The highest BCUT2D eigenvalue weighted by atomic mass is 19.1. The molecule has 0 aliphatic heterocycles. The number of anilines is 2. The van der Waals surface area contributed by atoms with Crippen molar-refractivity contribution in [3.8, 4) is 11.6 Å². The van der Waals surface area contributed by atoms with Crippen molar-refractivity contribution in [2.75, 3.05) is 26.5 Å². The fraction of sp³-hybridized carbons (Fsp3) is 0.167. The van der Waals surface area contributed by atoms with Gasteiger partial charge in [-0.25, -0.2) is 14.4 Å². The third-order valence-electron chi connectivity index (χ3n) is 5.11. The number of carbonyl (C=O) groups is 2. The Labute approximate surface area is 195 Å². The van der Waals surface area contributed by atoms with Gasteiger partial charge in [0, 0.05) is 49.0 Å². The fourth-order valence-electron chi connectivity index (χ4n) is 3.41. The molecule has 10 heteroatoms. The first-order valence-corrected chi connectivity index (χ1v) is 10.4. The number of carbonyl (C=O) groups excluding carboxylic acids is 2. The number of halogens is 1. The van der Waals surface area contributed by atoms with E-state index in [1.165, 1.54) is 17.3 Å². The van der Waals surface area contributed by atoms with Gasteiger partial charge in [-0.2, -0.15) is 0 Å². The van der Waals surface area contributed by atoms with Crippen molar-refractivity contribution < 1.29 is 18.7 Å². The van der Waals surface area contributed by atoms with Gasteiger partial charge in [0.1, 0.15) is 11.9 Å². The molecule has 4 aromatic rings. The van der Waals surface area contributed by atoms with Gasteiger partial charge in [0.05, 0.1) is 0 Å². The molecular formula is C24H23FN6O3. The maximum atomic E-state index is 15.1. The molecule has 0 atom stereocenters. The van der Waals surface area contributed by atoms with Crippen LogP contribution in [-0.4, -0.2) is 52.8 Å². The van der Waals surface area contributed by atoms with Crippen LogP contribution in [0.5, 0.6) is 11.6 Å². The van der Waals surface area contributed by atoms with Crippen molar-refractivity contribution in [3.05, 3.63) is 71.4 Å². The molecule has 0 aliphatic rings. The van der Waals surface area contributed by atoms with Crippen LogP contribution in [0, 0.1) is 12.7 Å². The highest BCUT2D eigenvalue weighted by molar-refractivity contribution is 6.01. The summed E-state index contributed by atoms with van der Waals surface area (Å²) in [4.78, 5) is 37.5. The van der Waals surface area contributed by atoms with Gasteiger partial charge in [-0.3, -0.25) is 9.59 Å². The topological polar surface area (TPSA) is 112 Å². The Bertz CT molecular complexity index is 1380. The van der Waals surface area contributed by atoms with Gasteiger partial charge in [0.2, 0.25) is 5.88 Å². The van der Waals surface area contributed by atoms with Gasteiger partial charge in [-0.1, -0.05) is 0 Å². The van der Waals surface area contributed by atoms with Crippen LogP contribution >= 0.6 is 0 Å². The van der Waals surface area contributed by atoms with E-state index < -0.39 is 11.7 Å². The molecule has 2 heterocycles. The number of nitrogens with zero attached hydrogens (tertiary/aromatic N) is 3. The Morgan fingerprint density at radius 2 is 1.82 bits per heavy atom. The number of ether oxygens (including phenoxy) is 1. The Balaban J connectivity index is 1.72. The monoisotopic (exact) mass is 462 g/mol. The van der Waals surface area contributed by atoms with Gasteiger partial charge in [-0.05, 0) is 49.4 Å². The van der Waals surface area contributed by atoms with E-state index in [0.29, 0.717) is 22.2 Å². The van der Waals surface area contributed by atoms with E-state index in [9.17, 15) is 9.59 Å². The summed E-state index contributed by atoms with van der Waals surface area (Å²) in [6.07, 6.45) is 1.22. The van der Waals surface area contributed by atoms with Crippen molar-refractivity contribution in [1.29, 1.82) is 0 Å². The number of hydrogen-bond donors (Lipinski definition) is 3. The van der Waals surface area contributed by atoms with Crippen LogP contribution in [0.1, 0.15) is 26.4 Å². The molecule has 0 radical (unpaired) electrons. The van der Waals surface area contributed by atoms with Crippen LogP contribution in [0.3, 0.4) is 0 Å². The molecule has 0 saturated heterocycles. The first-order chi connectivity index (χ1) is 16.3. The lowest BCUT2D eigenvalue weighted by molar-refractivity contribution is 0.0824. The summed E-state index contributed by atoms with van der Waals surface area (Å²) in [6.45, 7) is 1.83. The summed E-state index contributed by atoms with van der Waals surface area (Å²) < 4.78 is 20.9. The molecule has 4 rings (SSSR count). The van der Waals surface area contributed by atoms with Crippen LogP contribution in [0.2, 0.25) is 0 Å². The van der Waals surface area contributed by atoms with E-state index >= 15 is 4.39 Å². The first-order valence-electron chi connectivity index (χ1n) is 10.4. The summed E-state index contributed by atoms with van der Waals surface area (Å²) in [5, 5.41) is 5.99. The molecule has 0 aliphatic carbocycles. The molecule has 2 aromatic carbocycles. The lowest BCUT2D eigenvalue weighted by Crippen LogP contribution is -2.24. The lowest BCUT2D eigenvalue weighted by Gasteiger charge is -2.17. The van der Waals surface area contributed by atoms with Gasteiger partial charge >= 0.3 is 0 Å². The second-order valence-corrected chi connectivity index (χ2v) is 7.78. The Kier molecular flexibility index (Phi) is 6.13. The van der Waals surface area contributed by atoms with Crippen LogP contribution in [0.4, 0.5) is 15.9 Å². The normalized spacial score (nSPS) is 10.7. The maximum absolute atomic E-state index is 15.1. The number of aromatic nitrogens is 3. The average molecular weight is 462 g/mol.